The highest BCUT2D eigenvalue weighted by atomic mass is 32.2. The molecule has 0 N–H and O–H groups in total. The SMILES string of the molecule is Cc1ccc(N(c2ccc(C)cc2)c2ccc(N3c4ccccc4Sc4ccc(C#N)cc43)cc2)cc1. The van der Waals surface area contributed by atoms with Crippen molar-refractivity contribution in [2.75, 3.05) is 9.80 Å². The van der Waals surface area contributed by atoms with Gasteiger partial charge in [0.1, 0.15) is 0 Å². The smallest absolute Gasteiger partial charge is 0.0992 e. The molecule has 0 aromatic heterocycles. The van der Waals surface area contributed by atoms with Crippen LogP contribution in [0, 0.1) is 25.2 Å². The Morgan fingerprint density at radius 2 is 1.16 bits per heavy atom. The van der Waals surface area contributed by atoms with Crippen LogP contribution >= 0.6 is 11.8 Å². The van der Waals surface area contributed by atoms with Crippen LogP contribution in [0.5, 0.6) is 0 Å². The lowest BCUT2D eigenvalue weighted by Crippen LogP contribution is -2.15. The first kappa shape index (κ1) is 23.0. The van der Waals surface area contributed by atoms with E-state index >= 15 is 0 Å². The van der Waals surface area contributed by atoms with Crippen LogP contribution in [-0.4, -0.2) is 0 Å². The molecule has 0 aliphatic carbocycles. The summed E-state index contributed by atoms with van der Waals surface area (Å²) in [6.45, 7) is 4.22. The second kappa shape index (κ2) is 9.54. The molecular weight excluding hydrogens is 470 g/mol. The maximum Gasteiger partial charge on any atom is 0.0992 e. The first-order valence-electron chi connectivity index (χ1n) is 12.3. The van der Waals surface area contributed by atoms with Crippen LogP contribution in [0.25, 0.3) is 0 Å². The van der Waals surface area contributed by atoms with Crippen molar-refractivity contribution in [3.05, 3.63) is 132 Å². The van der Waals surface area contributed by atoms with Gasteiger partial charge >= 0.3 is 0 Å². The predicted octanol–water partition coefficient (Wildman–Crippen LogP) is 9.58. The Bertz CT molecular complexity index is 1570. The summed E-state index contributed by atoms with van der Waals surface area (Å²) in [6, 6.07) is 42.6. The number of fused-ring (bicyclic) bond motifs is 2. The zero-order valence-corrected chi connectivity index (χ0v) is 21.5. The van der Waals surface area contributed by atoms with Crippen molar-refractivity contribution in [1.29, 1.82) is 5.26 Å². The van der Waals surface area contributed by atoms with E-state index in [4.69, 9.17) is 0 Å². The third-order valence-corrected chi connectivity index (χ3v) is 7.74. The summed E-state index contributed by atoms with van der Waals surface area (Å²) in [5.41, 5.74) is 9.66. The largest absolute Gasteiger partial charge is 0.311 e. The molecule has 0 unspecified atom stereocenters. The molecule has 6 rings (SSSR count). The van der Waals surface area contributed by atoms with E-state index in [1.807, 2.05) is 18.2 Å². The van der Waals surface area contributed by atoms with Gasteiger partial charge in [0.05, 0.1) is 23.0 Å². The first-order chi connectivity index (χ1) is 18.1. The molecular formula is C33H25N3S. The molecule has 0 saturated heterocycles. The van der Waals surface area contributed by atoms with E-state index in [0.717, 1.165) is 39.0 Å². The molecule has 0 bridgehead atoms. The van der Waals surface area contributed by atoms with Crippen LogP contribution in [0.1, 0.15) is 16.7 Å². The number of aryl methyl sites for hydroxylation is 2. The topological polar surface area (TPSA) is 30.3 Å². The quantitative estimate of drug-likeness (QED) is 0.243. The second-order valence-corrected chi connectivity index (χ2v) is 10.3. The van der Waals surface area contributed by atoms with E-state index in [-0.39, 0.29) is 0 Å². The summed E-state index contributed by atoms with van der Waals surface area (Å²) in [5, 5.41) is 9.56. The van der Waals surface area contributed by atoms with Gasteiger partial charge in [-0.05, 0) is 92.7 Å². The highest BCUT2D eigenvalue weighted by Gasteiger charge is 2.25. The number of hydrogen-bond donors (Lipinski definition) is 0. The first-order valence-corrected chi connectivity index (χ1v) is 13.1. The lowest BCUT2D eigenvalue weighted by atomic mass is 10.1. The molecule has 0 fully saturated rings. The summed E-state index contributed by atoms with van der Waals surface area (Å²) in [7, 11) is 0. The highest BCUT2D eigenvalue weighted by molar-refractivity contribution is 7.99. The molecule has 1 aliphatic rings. The Balaban J connectivity index is 1.45. The number of nitriles is 1. The summed E-state index contributed by atoms with van der Waals surface area (Å²) in [5.74, 6) is 0. The molecule has 0 atom stereocenters. The fraction of sp³-hybridized carbons (Fsp3) is 0.0606. The summed E-state index contributed by atoms with van der Waals surface area (Å²) < 4.78 is 0. The molecule has 1 heterocycles. The summed E-state index contributed by atoms with van der Waals surface area (Å²) in [6.07, 6.45) is 0. The Hall–Kier alpha value is -4.46. The van der Waals surface area contributed by atoms with Gasteiger partial charge in [-0.25, -0.2) is 0 Å². The summed E-state index contributed by atoms with van der Waals surface area (Å²) in [4.78, 5) is 6.88. The third-order valence-electron chi connectivity index (χ3n) is 6.61. The monoisotopic (exact) mass is 495 g/mol. The maximum atomic E-state index is 9.56. The van der Waals surface area contributed by atoms with Crippen molar-refractivity contribution in [2.24, 2.45) is 0 Å². The fourth-order valence-corrected chi connectivity index (χ4v) is 5.73. The van der Waals surface area contributed by atoms with Crippen LogP contribution in [0.3, 0.4) is 0 Å². The zero-order chi connectivity index (χ0) is 25.4. The van der Waals surface area contributed by atoms with Crippen molar-refractivity contribution in [3.63, 3.8) is 0 Å². The van der Waals surface area contributed by atoms with E-state index in [1.54, 1.807) is 11.8 Å². The number of rotatable bonds is 4. The Labute approximate surface area is 222 Å². The van der Waals surface area contributed by atoms with E-state index in [0.29, 0.717) is 5.56 Å². The van der Waals surface area contributed by atoms with Crippen molar-refractivity contribution >= 4 is 45.9 Å². The minimum Gasteiger partial charge on any atom is -0.311 e. The van der Waals surface area contributed by atoms with Crippen molar-refractivity contribution in [3.8, 4) is 6.07 Å². The molecule has 0 amide bonds. The van der Waals surface area contributed by atoms with E-state index < -0.39 is 0 Å². The predicted molar refractivity (Wildman–Crippen MR) is 154 cm³/mol. The van der Waals surface area contributed by atoms with Gasteiger partial charge in [0.25, 0.3) is 0 Å². The minimum atomic E-state index is 0.658. The fourth-order valence-electron chi connectivity index (χ4n) is 4.69. The average Bonchev–Trinajstić information content (AvgIpc) is 2.94. The third kappa shape index (κ3) is 4.35. The van der Waals surface area contributed by atoms with Gasteiger partial charge in [0, 0.05) is 32.5 Å². The van der Waals surface area contributed by atoms with Gasteiger partial charge in [0.2, 0.25) is 0 Å². The molecule has 3 nitrogen and oxygen atoms in total. The molecule has 5 aromatic rings. The minimum absolute atomic E-state index is 0.658. The molecule has 0 spiro atoms. The highest BCUT2D eigenvalue weighted by Crippen LogP contribution is 2.51. The molecule has 0 saturated carbocycles. The van der Waals surface area contributed by atoms with E-state index in [1.165, 1.54) is 16.0 Å². The molecule has 0 radical (unpaired) electrons. The number of nitrogens with zero attached hydrogens (tertiary/aromatic N) is 3. The van der Waals surface area contributed by atoms with Gasteiger partial charge in [-0.15, -0.1) is 0 Å². The van der Waals surface area contributed by atoms with Gasteiger partial charge < -0.3 is 9.80 Å². The maximum absolute atomic E-state index is 9.56. The lowest BCUT2D eigenvalue weighted by molar-refractivity contribution is 1.16. The van der Waals surface area contributed by atoms with E-state index in [2.05, 4.69) is 127 Å². The van der Waals surface area contributed by atoms with Crippen LogP contribution in [0.2, 0.25) is 0 Å². The lowest BCUT2D eigenvalue weighted by Gasteiger charge is -2.33. The Kier molecular flexibility index (Phi) is 5.92. The Morgan fingerprint density at radius 1 is 0.622 bits per heavy atom. The molecule has 1 aliphatic heterocycles. The van der Waals surface area contributed by atoms with Gasteiger partial charge in [-0.3, -0.25) is 0 Å². The number of benzene rings is 5. The van der Waals surface area contributed by atoms with Gasteiger partial charge in [0.15, 0.2) is 0 Å². The second-order valence-electron chi connectivity index (χ2n) is 9.22. The Morgan fingerprint density at radius 3 is 1.76 bits per heavy atom. The van der Waals surface area contributed by atoms with Crippen molar-refractivity contribution < 1.29 is 0 Å². The van der Waals surface area contributed by atoms with Crippen LogP contribution < -0.4 is 9.80 Å². The summed E-state index contributed by atoms with van der Waals surface area (Å²) >= 11 is 1.75. The molecule has 4 heteroatoms. The molecule has 37 heavy (non-hydrogen) atoms. The average molecular weight is 496 g/mol. The number of hydrogen-bond acceptors (Lipinski definition) is 4. The number of para-hydroxylation sites is 1. The zero-order valence-electron chi connectivity index (χ0n) is 20.7. The van der Waals surface area contributed by atoms with Crippen LogP contribution in [0.15, 0.2) is 125 Å². The van der Waals surface area contributed by atoms with Gasteiger partial charge in [-0.2, -0.15) is 5.26 Å². The standard InChI is InChI=1S/C33H25N3S/c1-23-7-12-26(13-8-23)35(27-14-9-24(2)10-15-27)28-16-18-29(19-17-28)36-30-5-3-4-6-32(30)37-33-20-11-25(22-34)21-31(33)36/h3-21H,1-2H3. The molecule has 178 valence electrons. The van der Waals surface area contributed by atoms with Crippen LogP contribution in [0.4, 0.5) is 34.1 Å². The molecule has 5 aromatic carbocycles. The van der Waals surface area contributed by atoms with Crippen molar-refractivity contribution in [2.45, 2.75) is 23.6 Å². The normalized spacial score (nSPS) is 11.9. The van der Waals surface area contributed by atoms with E-state index in [9.17, 15) is 5.26 Å². The van der Waals surface area contributed by atoms with Crippen LogP contribution in [-0.2, 0) is 0 Å². The van der Waals surface area contributed by atoms with Gasteiger partial charge in [-0.1, -0.05) is 59.3 Å². The number of anilines is 6. The van der Waals surface area contributed by atoms with Crippen molar-refractivity contribution in [1.82, 2.24) is 0 Å².